The molecule has 1 heterocycles. The van der Waals surface area contributed by atoms with Crippen molar-refractivity contribution >= 4 is 52.1 Å². The van der Waals surface area contributed by atoms with E-state index in [-0.39, 0.29) is 39.6 Å². The van der Waals surface area contributed by atoms with E-state index in [1.54, 1.807) is 6.07 Å². The summed E-state index contributed by atoms with van der Waals surface area (Å²) in [6, 6.07) is 8.60. The quantitative estimate of drug-likeness (QED) is 0.463. The highest BCUT2D eigenvalue weighted by atomic mass is 35.5. The number of aromatic nitrogens is 2. The summed E-state index contributed by atoms with van der Waals surface area (Å²) < 4.78 is 5.07. The first kappa shape index (κ1) is 19.1. The fourth-order valence-electron chi connectivity index (χ4n) is 2.18. The molecule has 0 unspecified atom stereocenters. The molecule has 3 rings (SSSR count). The van der Waals surface area contributed by atoms with Gasteiger partial charge in [-0.25, -0.2) is 0 Å². The van der Waals surface area contributed by atoms with Crippen LogP contribution in [0.1, 0.15) is 5.82 Å². The number of hydrogen-bond acceptors (Lipinski definition) is 6. The Morgan fingerprint density at radius 3 is 2.56 bits per heavy atom. The first-order valence-corrected chi connectivity index (χ1v) is 8.48. The van der Waals surface area contributed by atoms with Gasteiger partial charge in [-0.3, -0.25) is 14.9 Å². The summed E-state index contributed by atoms with van der Waals surface area (Å²) in [5.74, 6) is -0.327. The molecule has 11 heteroatoms. The number of halogens is 3. The third-order valence-electron chi connectivity index (χ3n) is 3.36. The molecule has 0 radical (unpaired) electrons. The number of amides is 1. The van der Waals surface area contributed by atoms with E-state index in [2.05, 4.69) is 15.5 Å². The summed E-state index contributed by atoms with van der Waals surface area (Å²) in [5, 5.41) is 17.8. The molecule has 0 bridgehead atoms. The van der Waals surface area contributed by atoms with Gasteiger partial charge in [0.1, 0.15) is 0 Å². The van der Waals surface area contributed by atoms with Crippen LogP contribution in [-0.2, 0) is 11.2 Å². The van der Waals surface area contributed by atoms with Crippen molar-refractivity contribution in [3.8, 4) is 11.5 Å². The lowest BCUT2D eigenvalue weighted by Gasteiger charge is -2.08. The maximum absolute atomic E-state index is 12.2. The number of benzene rings is 2. The molecule has 8 nitrogen and oxygen atoms in total. The topological polar surface area (TPSA) is 111 Å². The van der Waals surface area contributed by atoms with Gasteiger partial charge in [-0.15, -0.1) is 0 Å². The summed E-state index contributed by atoms with van der Waals surface area (Å²) in [5.41, 5.74) is 0.472. The van der Waals surface area contributed by atoms with E-state index >= 15 is 0 Å². The SMILES string of the molecule is O=C(Cc1noc(-c2cccc([N+](=O)[O-])c2)n1)Nc1c(Cl)cc(Cl)cc1Cl. The van der Waals surface area contributed by atoms with E-state index in [0.29, 0.717) is 10.6 Å². The van der Waals surface area contributed by atoms with Gasteiger partial charge in [0.25, 0.3) is 11.6 Å². The normalized spacial score (nSPS) is 10.6. The summed E-state index contributed by atoms with van der Waals surface area (Å²) in [7, 11) is 0. The summed E-state index contributed by atoms with van der Waals surface area (Å²) in [6.45, 7) is 0. The molecule has 0 saturated heterocycles. The van der Waals surface area contributed by atoms with Crippen molar-refractivity contribution < 1.29 is 14.2 Å². The fourth-order valence-corrected chi connectivity index (χ4v) is 3.10. The standard InChI is InChI=1S/C16H9Cl3N4O4/c17-9-5-11(18)15(12(19)6-9)21-14(24)7-13-20-16(27-22-13)8-2-1-3-10(4-8)23(25)26/h1-6H,7H2,(H,21,24). The third-order valence-corrected chi connectivity index (χ3v) is 4.18. The van der Waals surface area contributed by atoms with Crippen LogP contribution in [0.5, 0.6) is 0 Å². The molecule has 0 spiro atoms. The highest BCUT2D eigenvalue weighted by Crippen LogP contribution is 2.33. The lowest BCUT2D eigenvalue weighted by molar-refractivity contribution is -0.384. The van der Waals surface area contributed by atoms with E-state index in [9.17, 15) is 14.9 Å². The maximum Gasteiger partial charge on any atom is 0.270 e. The largest absolute Gasteiger partial charge is 0.334 e. The highest BCUT2D eigenvalue weighted by molar-refractivity contribution is 6.42. The molecule has 3 aromatic rings. The van der Waals surface area contributed by atoms with Crippen molar-refractivity contribution in [2.45, 2.75) is 6.42 Å². The zero-order chi connectivity index (χ0) is 19.6. The van der Waals surface area contributed by atoms with Crippen molar-refractivity contribution in [1.82, 2.24) is 10.1 Å². The Balaban J connectivity index is 1.73. The summed E-state index contributed by atoms with van der Waals surface area (Å²) in [4.78, 5) is 26.6. The molecular weight excluding hydrogens is 419 g/mol. The van der Waals surface area contributed by atoms with Gasteiger partial charge >= 0.3 is 0 Å². The average molecular weight is 428 g/mol. The van der Waals surface area contributed by atoms with E-state index in [4.69, 9.17) is 39.3 Å². The first-order valence-electron chi connectivity index (χ1n) is 7.35. The minimum atomic E-state index is -0.534. The van der Waals surface area contributed by atoms with Crippen molar-refractivity contribution in [2.75, 3.05) is 5.32 Å². The Morgan fingerprint density at radius 1 is 1.19 bits per heavy atom. The van der Waals surface area contributed by atoms with Crippen molar-refractivity contribution in [3.63, 3.8) is 0 Å². The molecule has 0 aliphatic heterocycles. The Labute approximate surface area is 167 Å². The molecule has 1 amide bonds. The van der Waals surface area contributed by atoms with E-state index in [1.807, 2.05) is 0 Å². The summed E-state index contributed by atoms with van der Waals surface area (Å²) >= 11 is 17.9. The number of nitro groups is 1. The smallest absolute Gasteiger partial charge is 0.270 e. The molecule has 2 aromatic carbocycles. The molecule has 0 aliphatic carbocycles. The Bertz CT molecular complexity index is 1020. The zero-order valence-corrected chi connectivity index (χ0v) is 15.5. The van der Waals surface area contributed by atoms with Crippen LogP contribution in [0, 0.1) is 10.1 Å². The van der Waals surface area contributed by atoms with Crippen LogP contribution in [0.2, 0.25) is 15.1 Å². The molecule has 0 fully saturated rings. The predicted octanol–water partition coefficient (Wildman–Crippen LogP) is 4.79. The van der Waals surface area contributed by atoms with Crippen molar-refractivity contribution in [2.24, 2.45) is 0 Å². The predicted molar refractivity (Wildman–Crippen MR) is 100 cm³/mol. The maximum atomic E-state index is 12.2. The van der Waals surface area contributed by atoms with Gasteiger partial charge in [-0.05, 0) is 18.2 Å². The number of carbonyl (C=O) groups excluding carboxylic acids is 1. The van der Waals surface area contributed by atoms with E-state index in [0.717, 1.165) is 0 Å². The second-order valence-electron chi connectivity index (χ2n) is 5.29. The van der Waals surface area contributed by atoms with Crippen LogP contribution in [-0.4, -0.2) is 21.0 Å². The van der Waals surface area contributed by atoms with Crippen molar-refractivity contribution in [3.05, 3.63) is 67.4 Å². The lowest BCUT2D eigenvalue weighted by atomic mass is 10.2. The minimum absolute atomic E-state index is 0.0593. The molecule has 0 aliphatic rings. The average Bonchev–Trinajstić information content (AvgIpc) is 3.06. The lowest BCUT2D eigenvalue weighted by Crippen LogP contribution is -2.15. The third kappa shape index (κ3) is 4.54. The highest BCUT2D eigenvalue weighted by Gasteiger charge is 2.17. The fraction of sp³-hybridized carbons (Fsp3) is 0.0625. The van der Waals surface area contributed by atoms with Crippen LogP contribution >= 0.6 is 34.8 Å². The number of anilines is 1. The number of nitrogens with one attached hydrogen (secondary N) is 1. The van der Waals surface area contributed by atoms with E-state index < -0.39 is 10.8 Å². The molecule has 1 aromatic heterocycles. The Morgan fingerprint density at radius 2 is 1.89 bits per heavy atom. The number of nitrogens with zero attached hydrogens (tertiary/aromatic N) is 3. The number of rotatable bonds is 5. The van der Waals surface area contributed by atoms with Crippen LogP contribution in [0.25, 0.3) is 11.5 Å². The molecule has 27 heavy (non-hydrogen) atoms. The second kappa shape index (κ2) is 7.91. The van der Waals surface area contributed by atoms with Gasteiger partial charge in [0.2, 0.25) is 5.91 Å². The van der Waals surface area contributed by atoms with Gasteiger partial charge in [0.05, 0.1) is 27.1 Å². The monoisotopic (exact) mass is 426 g/mol. The van der Waals surface area contributed by atoms with E-state index in [1.165, 1.54) is 30.3 Å². The number of non-ortho nitro benzene ring substituents is 1. The number of hydrogen-bond donors (Lipinski definition) is 1. The molecule has 0 atom stereocenters. The second-order valence-corrected chi connectivity index (χ2v) is 6.54. The van der Waals surface area contributed by atoms with Gasteiger partial charge in [-0.2, -0.15) is 4.98 Å². The van der Waals surface area contributed by atoms with Crippen LogP contribution in [0.15, 0.2) is 40.9 Å². The molecular formula is C16H9Cl3N4O4. The van der Waals surface area contributed by atoms with Gasteiger partial charge < -0.3 is 9.84 Å². The van der Waals surface area contributed by atoms with Crippen LogP contribution < -0.4 is 5.32 Å². The molecule has 0 saturated carbocycles. The first-order chi connectivity index (χ1) is 12.8. The minimum Gasteiger partial charge on any atom is -0.334 e. The van der Waals surface area contributed by atoms with Crippen LogP contribution in [0.3, 0.4) is 0 Å². The van der Waals surface area contributed by atoms with Crippen molar-refractivity contribution in [1.29, 1.82) is 0 Å². The number of carbonyl (C=O) groups is 1. The number of nitro benzene ring substituents is 1. The van der Waals surface area contributed by atoms with Crippen LogP contribution in [0.4, 0.5) is 11.4 Å². The zero-order valence-electron chi connectivity index (χ0n) is 13.3. The summed E-state index contributed by atoms with van der Waals surface area (Å²) in [6.07, 6.45) is -0.215. The van der Waals surface area contributed by atoms with Gasteiger partial charge in [0.15, 0.2) is 5.82 Å². The van der Waals surface area contributed by atoms with Gasteiger partial charge in [-0.1, -0.05) is 46.0 Å². The van der Waals surface area contributed by atoms with Gasteiger partial charge in [0, 0.05) is 22.7 Å². The Kier molecular flexibility index (Phi) is 5.59. The molecule has 1 N–H and O–H groups in total. The molecule has 138 valence electrons. The Hall–Kier alpha value is -2.68.